The summed E-state index contributed by atoms with van der Waals surface area (Å²) in [7, 11) is 0. The van der Waals surface area contributed by atoms with Crippen molar-refractivity contribution in [3.63, 3.8) is 0 Å². The van der Waals surface area contributed by atoms with Crippen molar-refractivity contribution in [2.24, 2.45) is 17.8 Å². The predicted molar refractivity (Wildman–Crippen MR) is 45.3 cm³/mol. The number of halogens is 1. The van der Waals surface area contributed by atoms with Crippen LogP contribution in [0.25, 0.3) is 0 Å². The molecule has 0 saturated carbocycles. The van der Waals surface area contributed by atoms with Crippen LogP contribution in [-0.4, -0.2) is 19.8 Å². The fourth-order valence-corrected chi connectivity index (χ4v) is 1.69. The third-order valence-corrected chi connectivity index (χ3v) is 2.64. The number of alkyl halides is 1. The first-order chi connectivity index (χ1) is 5.24. The highest BCUT2D eigenvalue weighted by atomic mass is 19.1. The topological polar surface area (TPSA) is 12.0 Å². The summed E-state index contributed by atoms with van der Waals surface area (Å²) in [6.07, 6.45) is 1.07. The Bertz CT molecular complexity index is 114. The van der Waals surface area contributed by atoms with Crippen LogP contribution in [0.1, 0.15) is 20.3 Å². The van der Waals surface area contributed by atoms with Crippen molar-refractivity contribution in [3.8, 4) is 0 Å². The van der Waals surface area contributed by atoms with Crippen molar-refractivity contribution >= 4 is 0 Å². The zero-order valence-corrected chi connectivity index (χ0v) is 7.44. The van der Waals surface area contributed by atoms with Crippen LogP contribution in [0.3, 0.4) is 0 Å². The molecule has 1 unspecified atom stereocenters. The molecule has 2 heteroatoms. The number of hydrogen-bond donors (Lipinski definition) is 1. The quantitative estimate of drug-likeness (QED) is 0.648. The first-order valence-electron chi connectivity index (χ1n) is 4.50. The molecule has 0 spiro atoms. The first kappa shape index (κ1) is 8.98. The maximum atomic E-state index is 12.3. The molecule has 0 amide bonds. The van der Waals surface area contributed by atoms with E-state index in [1.165, 1.54) is 0 Å². The van der Waals surface area contributed by atoms with E-state index in [0.29, 0.717) is 11.8 Å². The van der Waals surface area contributed by atoms with Gasteiger partial charge < -0.3 is 5.32 Å². The molecule has 1 rings (SSSR count). The fourth-order valence-electron chi connectivity index (χ4n) is 1.69. The summed E-state index contributed by atoms with van der Waals surface area (Å²) in [5, 5.41) is 3.28. The minimum absolute atomic E-state index is 0.157. The largest absolute Gasteiger partial charge is 0.316 e. The number of rotatable bonds is 2. The van der Waals surface area contributed by atoms with Crippen LogP contribution in [0.15, 0.2) is 0 Å². The van der Waals surface area contributed by atoms with Gasteiger partial charge in [0.05, 0.1) is 6.67 Å². The Morgan fingerprint density at radius 2 is 2.18 bits per heavy atom. The maximum absolute atomic E-state index is 12.3. The maximum Gasteiger partial charge on any atom is 0.0934 e. The minimum Gasteiger partial charge on any atom is -0.316 e. The summed E-state index contributed by atoms with van der Waals surface area (Å²) in [5.74, 6) is 1.65. The molecular formula is C9H18FN. The number of nitrogens with one attached hydrogen (secondary N) is 1. The van der Waals surface area contributed by atoms with Crippen LogP contribution in [0.4, 0.5) is 4.39 Å². The molecule has 1 fully saturated rings. The highest BCUT2D eigenvalue weighted by Gasteiger charge is 2.23. The van der Waals surface area contributed by atoms with E-state index in [2.05, 4.69) is 19.2 Å². The molecule has 0 bridgehead atoms. The smallest absolute Gasteiger partial charge is 0.0934 e. The zero-order valence-electron chi connectivity index (χ0n) is 7.44. The van der Waals surface area contributed by atoms with Gasteiger partial charge in [0.15, 0.2) is 0 Å². The van der Waals surface area contributed by atoms with Crippen molar-refractivity contribution in [2.75, 3.05) is 19.8 Å². The van der Waals surface area contributed by atoms with Crippen molar-refractivity contribution in [1.82, 2.24) is 5.32 Å². The summed E-state index contributed by atoms with van der Waals surface area (Å²) >= 11 is 0. The molecule has 1 N–H and O–H groups in total. The third kappa shape index (κ3) is 2.44. The lowest BCUT2D eigenvalue weighted by Crippen LogP contribution is -2.39. The Balaban J connectivity index is 2.33. The monoisotopic (exact) mass is 159 g/mol. The van der Waals surface area contributed by atoms with Gasteiger partial charge in [0.25, 0.3) is 0 Å². The van der Waals surface area contributed by atoms with Crippen LogP contribution < -0.4 is 5.32 Å². The summed E-state index contributed by atoms with van der Waals surface area (Å²) in [6.45, 7) is 6.23. The zero-order chi connectivity index (χ0) is 8.27. The Hall–Kier alpha value is -0.110. The van der Waals surface area contributed by atoms with Crippen LogP contribution in [-0.2, 0) is 0 Å². The lowest BCUT2D eigenvalue weighted by atomic mass is 9.84. The minimum atomic E-state index is -0.157. The SMILES string of the molecule is CC(C)C1CNC[C@@H](CF)C1. The van der Waals surface area contributed by atoms with Gasteiger partial charge >= 0.3 is 0 Å². The van der Waals surface area contributed by atoms with Gasteiger partial charge in [-0.15, -0.1) is 0 Å². The fraction of sp³-hybridized carbons (Fsp3) is 1.00. The van der Waals surface area contributed by atoms with Crippen LogP contribution >= 0.6 is 0 Å². The molecule has 0 aromatic heterocycles. The number of piperidine rings is 1. The molecule has 1 aliphatic rings. The molecule has 1 nitrogen and oxygen atoms in total. The van der Waals surface area contributed by atoms with Gasteiger partial charge in [-0.2, -0.15) is 0 Å². The Kier molecular flexibility index (Phi) is 3.31. The van der Waals surface area contributed by atoms with Gasteiger partial charge in [0.1, 0.15) is 0 Å². The first-order valence-corrected chi connectivity index (χ1v) is 4.50. The van der Waals surface area contributed by atoms with Gasteiger partial charge in [0.2, 0.25) is 0 Å². The lowest BCUT2D eigenvalue weighted by Gasteiger charge is -2.30. The molecule has 66 valence electrons. The van der Waals surface area contributed by atoms with Gasteiger partial charge in [-0.3, -0.25) is 4.39 Å². The van der Waals surface area contributed by atoms with Gasteiger partial charge in [-0.1, -0.05) is 13.8 Å². The average Bonchev–Trinajstić information content (AvgIpc) is 2.05. The van der Waals surface area contributed by atoms with E-state index in [0.717, 1.165) is 19.5 Å². The summed E-state index contributed by atoms with van der Waals surface area (Å²) < 4.78 is 12.3. The molecule has 0 radical (unpaired) electrons. The van der Waals surface area contributed by atoms with Crippen molar-refractivity contribution in [2.45, 2.75) is 20.3 Å². The second-order valence-electron chi connectivity index (χ2n) is 3.92. The van der Waals surface area contributed by atoms with Crippen molar-refractivity contribution in [3.05, 3.63) is 0 Å². The van der Waals surface area contributed by atoms with Crippen molar-refractivity contribution < 1.29 is 4.39 Å². The van der Waals surface area contributed by atoms with Gasteiger partial charge in [0, 0.05) is 12.5 Å². The third-order valence-electron chi connectivity index (χ3n) is 2.64. The van der Waals surface area contributed by atoms with Crippen molar-refractivity contribution in [1.29, 1.82) is 0 Å². The second-order valence-corrected chi connectivity index (χ2v) is 3.92. The Morgan fingerprint density at radius 3 is 2.73 bits per heavy atom. The molecule has 11 heavy (non-hydrogen) atoms. The normalized spacial score (nSPS) is 32.7. The van der Waals surface area contributed by atoms with Gasteiger partial charge in [-0.25, -0.2) is 0 Å². The van der Waals surface area contributed by atoms with Crippen LogP contribution in [0.5, 0.6) is 0 Å². The van der Waals surface area contributed by atoms with E-state index in [4.69, 9.17) is 0 Å². The van der Waals surface area contributed by atoms with E-state index >= 15 is 0 Å². The van der Waals surface area contributed by atoms with Crippen LogP contribution in [0.2, 0.25) is 0 Å². The summed E-state index contributed by atoms with van der Waals surface area (Å²) in [5.41, 5.74) is 0. The molecule has 1 saturated heterocycles. The molecular weight excluding hydrogens is 141 g/mol. The van der Waals surface area contributed by atoms with E-state index in [9.17, 15) is 4.39 Å². The lowest BCUT2D eigenvalue weighted by molar-refractivity contribution is 0.202. The molecule has 0 aromatic carbocycles. The summed E-state index contributed by atoms with van der Waals surface area (Å²) in [6, 6.07) is 0. The Morgan fingerprint density at radius 1 is 1.45 bits per heavy atom. The van der Waals surface area contributed by atoms with E-state index < -0.39 is 0 Å². The second kappa shape index (κ2) is 4.05. The molecule has 2 atom stereocenters. The van der Waals surface area contributed by atoms with E-state index in [-0.39, 0.29) is 12.6 Å². The average molecular weight is 159 g/mol. The summed E-state index contributed by atoms with van der Waals surface area (Å²) in [4.78, 5) is 0. The number of hydrogen-bond acceptors (Lipinski definition) is 1. The molecule has 0 aliphatic carbocycles. The predicted octanol–water partition coefficient (Wildman–Crippen LogP) is 1.84. The highest BCUT2D eigenvalue weighted by molar-refractivity contribution is 4.77. The Labute approximate surface area is 68.4 Å². The molecule has 0 aromatic rings. The molecule has 1 heterocycles. The standard InChI is InChI=1S/C9H18FN/c1-7(2)9-3-8(4-10)5-11-6-9/h7-9,11H,3-6H2,1-2H3/t8-,9?/m1/s1. The van der Waals surface area contributed by atoms with E-state index in [1.54, 1.807) is 0 Å². The van der Waals surface area contributed by atoms with Gasteiger partial charge in [-0.05, 0) is 24.8 Å². The molecule has 1 aliphatic heterocycles. The van der Waals surface area contributed by atoms with Crippen LogP contribution in [0, 0.1) is 17.8 Å². The highest BCUT2D eigenvalue weighted by Crippen LogP contribution is 2.23. The van der Waals surface area contributed by atoms with E-state index in [1.807, 2.05) is 0 Å².